The van der Waals surface area contributed by atoms with Gasteiger partial charge in [-0.1, -0.05) is 12.2 Å². The number of carbonyl (C=O) groups is 4. The highest BCUT2D eigenvalue weighted by Crippen LogP contribution is 2.31. The first-order valence-corrected chi connectivity index (χ1v) is 10.8. The lowest BCUT2D eigenvalue weighted by atomic mass is 9.95. The third-order valence-electron chi connectivity index (χ3n) is 4.42. The number of hydrogen-bond acceptors (Lipinski definition) is 7. The summed E-state index contributed by atoms with van der Waals surface area (Å²) in [5, 5.41) is 5.04. The van der Waals surface area contributed by atoms with Crippen molar-refractivity contribution in [2.24, 2.45) is 0 Å². The fourth-order valence-corrected chi connectivity index (χ4v) is 3.05. The Kier molecular flexibility index (Phi) is 10.5. The molecule has 0 spiro atoms. The predicted octanol–water partition coefficient (Wildman–Crippen LogP) is 3.31. The van der Waals surface area contributed by atoms with E-state index in [9.17, 15) is 19.2 Å². The van der Waals surface area contributed by atoms with Crippen molar-refractivity contribution in [3.8, 4) is 5.75 Å². The van der Waals surface area contributed by atoms with Crippen molar-refractivity contribution in [1.82, 2.24) is 10.6 Å². The number of hydrogen-bond donors (Lipinski definition) is 2. The van der Waals surface area contributed by atoms with Crippen molar-refractivity contribution in [2.45, 2.75) is 65.1 Å². The largest absolute Gasteiger partial charge is 0.467 e. The molecule has 1 rings (SSSR count). The minimum absolute atomic E-state index is 0.346. The van der Waals surface area contributed by atoms with Crippen LogP contribution in [0, 0.1) is 0 Å². The molecule has 34 heavy (non-hydrogen) atoms. The Balaban J connectivity index is 3.34. The van der Waals surface area contributed by atoms with Crippen molar-refractivity contribution in [2.75, 3.05) is 7.11 Å². The van der Waals surface area contributed by atoms with E-state index in [1.54, 1.807) is 45.1 Å². The van der Waals surface area contributed by atoms with Gasteiger partial charge in [0.2, 0.25) is 5.91 Å². The van der Waals surface area contributed by atoms with Crippen molar-refractivity contribution >= 4 is 23.9 Å². The second-order valence-electron chi connectivity index (χ2n) is 8.58. The molecule has 1 aromatic carbocycles. The number of esters is 2. The van der Waals surface area contributed by atoms with Gasteiger partial charge in [0, 0.05) is 6.92 Å². The van der Waals surface area contributed by atoms with Gasteiger partial charge in [0.25, 0.3) is 0 Å². The molecule has 0 aromatic heterocycles. The number of amides is 2. The van der Waals surface area contributed by atoms with Crippen LogP contribution < -0.4 is 15.4 Å². The molecule has 0 heterocycles. The number of methoxy groups -OCH3 is 1. The minimum atomic E-state index is -1.18. The molecule has 0 saturated heterocycles. The van der Waals surface area contributed by atoms with Gasteiger partial charge >= 0.3 is 18.0 Å². The number of carbonyl (C=O) groups excluding carboxylic acids is 4. The van der Waals surface area contributed by atoms with Crippen molar-refractivity contribution in [1.29, 1.82) is 0 Å². The van der Waals surface area contributed by atoms with Gasteiger partial charge in [0.1, 0.15) is 17.4 Å². The predicted molar refractivity (Wildman–Crippen MR) is 127 cm³/mol. The van der Waals surface area contributed by atoms with Crippen LogP contribution in [0.1, 0.15) is 57.4 Å². The molecule has 0 bridgehead atoms. The quantitative estimate of drug-likeness (QED) is 0.303. The van der Waals surface area contributed by atoms with Gasteiger partial charge in [-0.2, -0.15) is 0 Å². The SMILES string of the molecule is C=CCc1cc(C(NC(=O)[C@@H](C)NC(=O)OC(C)(C)C)C(=O)OC)cc(CC=C)c1OC(C)=O. The number of alkyl carbamates (subject to hydrolysis) is 1. The first-order valence-electron chi connectivity index (χ1n) is 10.8. The Hall–Kier alpha value is -3.62. The number of nitrogens with one attached hydrogen (secondary N) is 2. The van der Waals surface area contributed by atoms with Crippen LogP contribution in [0.5, 0.6) is 5.75 Å². The molecule has 9 nitrogen and oxygen atoms in total. The molecule has 0 radical (unpaired) electrons. The summed E-state index contributed by atoms with van der Waals surface area (Å²) in [5.74, 6) is -1.48. The summed E-state index contributed by atoms with van der Waals surface area (Å²) in [6.07, 6.45) is 3.18. The second kappa shape index (κ2) is 12.6. The highest BCUT2D eigenvalue weighted by molar-refractivity contribution is 5.90. The van der Waals surface area contributed by atoms with E-state index in [1.165, 1.54) is 21.0 Å². The Morgan fingerprint density at radius 1 is 1.03 bits per heavy atom. The minimum Gasteiger partial charge on any atom is -0.467 e. The van der Waals surface area contributed by atoms with Crippen LogP contribution in [-0.4, -0.2) is 42.7 Å². The Morgan fingerprint density at radius 3 is 1.97 bits per heavy atom. The van der Waals surface area contributed by atoms with Gasteiger partial charge in [0.15, 0.2) is 6.04 Å². The monoisotopic (exact) mass is 474 g/mol. The van der Waals surface area contributed by atoms with Gasteiger partial charge in [-0.05, 0) is 69.4 Å². The molecule has 0 aliphatic rings. The van der Waals surface area contributed by atoms with E-state index in [4.69, 9.17) is 14.2 Å². The van der Waals surface area contributed by atoms with E-state index in [-0.39, 0.29) is 0 Å². The maximum atomic E-state index is 12.8. The maximum Gasteiger partial charge on any atom is 0.408 e. The van der Waals surface area contributed by atoms with Gasteiger partial charge in [-0.25, -0.2) is 9.59 Å². The second-order valence-corrected chi connectivity index (χ2v) is 8.58. The Labute approximate surface area is 200 Å². The normalized spacial score (nSPS) is 12.5. The zero-order valence-corrected chi connectivity index (χ0v) is 20.7. The first-order chi connectivity index (χ1) is 15.8. The highest BCUT2D eigenvalue weighted by atomic mass is 16.6. The molecule has 1 unspecified atom stereocenters. The third kappa shape index (κ3) is 8.73. The Bertz CT molecular complexity index is 916. The van der Waals surface area contributed by atoms with Crippen LogP contribution in [-0.2, 0) is 36.7 Å². The Morgan fingerprint density at radius 2 is 1.56 bits per heavy atom. The molecule has 9 heteroatoms. The topological polar surface area (TPSA) is 120 Å². The van der Waals surface area contributed by atoms with Crippen LogP contribution in [0.15, 0.2) is 37.4 Å². The van der Waals surface area contributed by atoms with E-state index >= 15 is 0 Å². The summed E-state index contributed by atoms with van der Waals surface area (Å²) in [4.78, 5) is 49.1. The van der Waals surface area contributed by atoms with Crippen molar-refractivity contribution < 1.29 is 33.4 Å². The smallest absolute Gasteiger partial charge is 0.408 e. The molecule has 2 atom stereocenters. The van der Waals surface area contributed by atoms with E-state index in [0.29, 0.717) is 35.3 Å². The molecule has 0 aliphatic carbocycles. The summed E-state index contributed by atoms with van der Waals surface area (Å²) in [7, 11) is 1.20. The lowest BCUT2D eigenvalue weighted by Gasteiger charge is -2.24. The average molecular weight is 475 g/mol. The van der Waals surface area contributed by atoms with Crippen LogP contribution in [0.25, 0.3) is 0 Å². The molecule has 186 valence electrons. The highest BCUT2D eigenvalue weighted by Gasteiger charge is 2.29. The summed E-state index contributed by atoms with van der Waals surface area (Å²) < 4.78 is 15.5. The number of ether oxygens (including phenoxy) is 3. The first kappa shape index (κ1) is 28.4. The number of rotatable bonds is 10. The summed E-state index contributed by atoms with van der Waals surface area (Å²) in [5.41, 5.74) is 0.876. The van der Waals surface area contributed by atoms with Gasteiger partial charge < -0.3 is 24.8 Å². The van der Waals surface area contributed by atoms with Gasteiger partial charge in [-0.15, -0.1) is 13.2 Å². The summed E-state index contributed by atoms with van der Waals surface area (Å²) in [6.45, 7) is 15.3. The van der Waals surface area contributed by atoms with Crippen LogP contribution in [0.3, 0.4) is 0 Å². The molecule has 2 N–H and O–H groups in total. The van der Waals surface area contributed by atoms with Gasteiger partial charge in [0.05, 0.1) is 7.11 Å². The van der Waals surface area contributed by atoms with Crippen LogP contribution >= 0.6 is 0 Å². The van der Waals surface area contributed by atoms with E-state index in [2.05, 4.69) is 23.8 Å². The fourth-order valence-electron chi connectivity index (χ4n) is 3.05. The average Bonchev–Trinajstić information content (AvgIpc) is 2.71. The standard InChI is InChI=1S/C25H34N2O7/c1-9-11-17-13-19(14-18(12-10-2)21(17)33-16(4)28)20(23(30)32-8)27-22(29)15(3)26-24(31)34-25(5,6)7/h9-10,13-15,20H,1-2,11-12H2,3-8H3,(H,26,31)(H,27,29)/t15-,20?/m1/s1. The lowest BCUT2D eigenvalue weighted by Crippen LogP contribution is -2.48. The number of benzene rings is 1. The van der Waals surface area contributed by atoms with E-state index in [1.807, 2.05) is 0 Å². The fraction of sp³-hybridized carbons (Fsp3) is 0.440. The zero-order chi connectivity index (χ0) is 26.1. The van der Waals surface area contributed by atoms with Crippen LogP contribution in [0.4, 0.5) is 4.79 Å². The molecule has 2 amide bonds. The maximum absolute atomic E-state index is 12.8. The molecule has 0 saturated carbocycles. The third-order valence-corrected chi connectivity index (χ3v) is 4.42. The van der Waals surface area contributed by atoms with E-state index < -0.39 is 41.6 Å². The van der Waals surface area contributed by atoms with Crippen LogP contribution in [0.2, 0.25) is 0 Å². The zero-order valence-electron chi connectivity index (χ0n) is 20.7. The summed E-state index contributed by atoms with van der Waals surface area (Å²) >= 11 is 0. The van der Waals surface area contributed by atoms with Crippen molar-refractivity contribution in [3.05, 3.63) is 54.1 Å². The molecule has 0 aliphatic heterocycles. The number of allylic oxidation sites excluding steroid dienone is 2. The van der Waals surface area contributed by atoms with Gasteiger partial charge in [-0.3, -0.25) is 9.59 Å². The van der Waals surface area contributed by atoms with E-state index in [0.717, 1.165) is 0 Å². The molecular weight excluding hydrogens is 440 g/mol. The molecule has 1 aromatic rings. The van der Waals surface area contributed by atoms with Crippen molar-refractivity contribution in [3.63, 3.8) is 0 Å². The molecule has 0 fully saturated rings. The summed E-state index contributed by atoms with van der Waals surface area (Å²) in [6, 6.07) is 1.10. The molecular formula is C25H34N2O7. The lowest BCUT2D eigenvalue weighted by molar-refractivity contribution is -0.145.